The topological polar surface area (TPSA) is 72.6 Å². The average molecular weight is 298 g/mol. The maximum absolute atomic E-state index is 12.7. The molecule has 1 saturated carbocycles. The van der Waals surface area contributed by atoms with Gasteiger partial charge in [0.15, 0.2) is 0 Å². The van der Waals surface area contributed by atoms with E-state index in [1.807, 2.05) is 6.92 Å². The van der Waals surface area contributed by atoms with Crippen molar-refractivity contribution >= 4 is 10.0 Å². The molecule has 0 atom stereocenters. The minimum Gasteiger partial charge on any atom is -0.495 e. The number of hydrogen-bond acceptors (Lipinski definition) is 4. The van der Waals surface area contributed by atoms with Crippen LogP contribution < -0.4 is 10.5 Å². The van der Waals surface area contributed by atoms with Crippen molar-refractivity contribution in [3.8, 4) is 5.75 Å². The van der Waals surface area contributed by atoms with Crippen LogP contribution >= 0.6 is 0 Å². The van der Waals surface area contributed by atoms with Crippen molar-refractivity contribution in [2.24, 2.45) is 11.7 Å². The van der Waals surface area contributed by atoms with Gasteiger partial charge in [-0.15, -0.1) is 0 Å². The van der Waals surface area contributed by atoms with E-state index < -0.39 is 10.0 Å². The van der Waals surface area contributed by atoms with E-state index in [2.05, 4.69) is 0 Å². The third-order valence-corrected chi connectivity index (χ3v) is 5.57. The summed E-state index contributed by atoms with van der Waals surface area (Å²) in [6, 6.07) is 5.02. The highest BCUT2D eigenvalue weighted by Crippen LogP contribution is 2.33. The highest BCUT2D eigenvalue weighted by atomic mass is 32.2. The van der Waals surface area contributed by atoms with Gasteiger partial charge in [0.2, 0.25) is 10.0 Å². The first-order chi connectivity index (χ1) is 9.52. The lowest BCUT2D eigenvalue weighted by Crippen LogP contribution is -2.33. The Morgan fingerprint density at radius 1 is 1.40 bits per heavy atom. The second-order valence-electron chi connectivity index (χ2n) is 5.09. The van der Waals surface area contributed by atoms with E-state index in [0.29, 0.717) is 31.3 Å². The second kappa shape index (κ2) is 6.11. The zero-order valence-corrected chi connectivity index (χ0v) is 12.8. The zero-order chi connectivity index (χ0) is 14.8. The zero-order valence-electron chi connectivity index (χ0n) is 12.0. The molecule has 112 valence electrons. The predicted molar refractivity (Wildman–Crippen MR) is 78.0 cm³/mol. The van der Waals surface area contributed by atoms with Gasteiger partial charge < -0.3 is 10.5 Å². The number of methoxy groups -OCH3 is 1. The third-order valence-electron chi connectivity index (χ3n) is 3.59. The first-order valence-electron chi connectivity index (χ1n) is 6.90. The molecule has 1 aromatic carbocycles. The molecular weight excluding hydrogens is 276 g/mol. The van der Waals surface area contributed by atoms with Crippen molar-refractivity contribution in [2.75, 3.05) is 20.2 Å². The molecule has 0 aromatic heterocycles. The molecule has 1 fully saturated rings. The van der Waals surface area contributed by atoms with Gasteiger partial charge >= 0.3 is 0 Å². The average Bonchev–Trinajstić information content (AvgIpc) is 3.27. The first-order valence-corrected chi connectivity index (χ1v) is 8.34. The molecule has 2 rings (SSSR count). The third kappa shape index (κ3) is 3.13. The molecule has 5 nitrogen and oxygen atoms in total. The maximum atomic E-state index is 12.7. The van der Waals surface area contributed by atoms with Crippen LogP contribution in [-0.4, -0.2) is 32.9 Å². The Morgan fingerprint density at radius 3 is 2.60 bits per heavy atom. The van der Waals surface area contributed by atoms with Crippen LogP contribution in [-0.2, 0) is 16.6 Å². The van der Waals surface area contributed by atoms with Crippen molar-refractivity contribution in [2.45, 2.75) is 31.2 Å². The van der Waals surface area contributed by atoms with E-state index >= 15 is 0 Å². The van der Waals surface area contributed by atoms with Gasteiger partial charge in [0.25, 0.3) is 0 Å². The van der Waals surface area contributed by atoms with E-state index in [4.69, 9.17) is 10.5 Å². The summed E-state index contributed by atoms with van der Waals surface area (Å²) in [6.07, 6.45) is 2.24. The largest absolute Gasteiger partial charge is 0.495 e. The van der Waals surface area contributed by atoms with Crippen LogP contribution in [0, 0.1) is 5.92 Å². The maximum Gasteiger partial charge on any atom is 0.246 e. The van der Waals surface area contributed by atoms with Gasteiger partial charge in [-0.25, -0.2) is 8.42 Å². The number of rotatable bonds is 7. The van der Waals surface area contributed by atoms with Gasteiger partial charge in [-0.2, -0.15) is 4.31 Å². The molecule has 0 spiro atoms. The van der Waals surface area contributed by atoms with Crippen LogP contribution in [0.4, 0.5) is 0 Å². The Kier molecular flexibility index (Phi) is 4.67. The number of ether oxygens (including phenoxy) is 1. The van der Waals surface area contributed by atoms with Crippen molar-refractivity contribution < 1.29 is 13.2 Å². The van der Waals surface area contributed by atoms with E-state index in [9.17, 15) is 8.42 Å². The molecule has 1 aromatic rings. The van der Waals surface area contributed by atoms with E-state index in [1.165, 1.54) is 11.4 Å². The summed E-state index contributed by atoms with van der Waals surface area (Å²) >= 11 is 0. The molecule has 1 aliphatic carbocycles. The van der Waals surface area contributed by atoms with Gasteiger partial charge in [0, 0.05) is 19.6 Å². The second-order valence-corrected chi connectivity index (χ2v) is 6.99. The van der Waals surface area contributed by atoms with Gasteiger partial charge in [-0.1, -0.05) is 13.0 Å². The molecule has 0 unspecified atom stereocenters. The lowest BCUT2D eigenvalue weighted by atomic mass is 10.2. The fraction of sp³-hybridized carbons (Fsp3) is 0.571. The standard InChI is InChI=1S/C14H22N2O3S/c1-3-16(10-11-4-5-11)20(17,18)14-7-6-12(9-15)8-13(14)19-2/h6-8,11H,3-5,9-10,15H2,1-2H3. The van der Waals surface area contributed by atoms with Gasteiger partial charge in [-0.05, 0) is 36.5 Å². The highest BCUT2D eigenvalue weighted by molar-refractivity contribution is 7.89. The smallest absolute Gasteiger partial charge is 0.246 e. The molecule has 0 radical (unpaired) electrons. The SMILES string of the molecule is CCN(CC1CC1)S(=O)(=O)c1ccc(CN)cc1OC. The summed E-state index contributed by atoms with van der Waals surface area (Å²) in [5, 5.41) is 0. The van der Waals surface area contributed by atoms with E-state index in [0.717, 1.165) is 18.4 Å². The normalized spacial score (nSPS) is 15.6. The van der Waals surface area contributed by atoms with Crippen LogP contribution in [0.1, 0.15) is 25.3 Å². The minimum atomic E-state index is -3.51. The fourth-order valence-corrected chi connectivity index (χ4v) is 3.84. The van der Waals surface area contributed by atoms with Crippen LogP contribution in [0.5, 0.6) is 5.75 Å². The summed E-state index contributed by atoms with van der Waals surface area (Å²) in [5.41, 5.74) is 6.43. The number of benzene rings is 1. The number of nitrogens with two attached hydrogens (primary N) is 1. The molecule has 0 saturated heterocycles. The molecule has 0 aliphatic heterocycles. The number of hydrogen-bond donors (Lipinski definition) is 1. The molecule has 0 amide bonds. The Bertz CT molecular complexity index is 568. The molecule has 6 heteroatoms. The fourth-order valence-electron chi connectivity index (χ4n) is 2.18. The van der Waals surface area contributed by atoms with Gasteiger partial charge in [-0.3, -0.25) is 0 Å². The number of nitrogens with zero attached hydrogens (tertiary/aromatic N) is 1. The van der Waals surface area contributed by atoms with Gasteiger partial charge in [0.05, 0.1) is 7.11 Å². The summed E-state index contributed by atoms with van der Waals surface area (Å²) in [7, 11) is -2.03. The summed E-state index contributed by atoms with van der Waals surface area (Å²) in [5.74, 6) is 0.876. The highest BCUT2D eigenvalue weighted by Gasteiger charge is 2.32. The molecule has 2 N–H and O–H groups in total. The van der Waals surface area contributed by atoms with Crippen molar-refractivity contribution in [3.63, 3.8) is 0 Å². The summed E-state index contributed by atoms with van der Waals surface area (Å²) in [4.78, 5) is 0.222. The van der Waals surface area contributed by atoms with Crippen LogP contribution in [0.15, 0.2) is 23.1 Å². The van der Waals surface area contributed by atoms with Crippen molar-refractivity contribution in [3.05, 3.63) is 23.8 Å². The predicted octanol–water partition coefficient (Wildman–Crippen LogP) is 1.57. The van der Waals surface area contributed by atoms with Crippen LogP contribution in [0.25, 0.3) is 0 Å². The van der Waals surface area contributed by atoms with E-state index in [-0.39, 0.29) is 4.90 Å². The number of sulfonamides is 1. The van der Waals surface area contributed by atoms with E-state index in [1.54, 1.807) is 18.2 Å². The lowest BCUT2D eigenvalue weighted by molar-refractivity contribution is 0.388. The Morgan fingerprint density at radius 2 is 2.10 bits per heavy atom. The molecule has 0 heterocycles. The van der Waals surface area contributed by atoms with Crippen molar-refractivity contribution in [1.29, 1.82) is 0 Å². The van der Waals surface area contributed by atoms with Crippen molar-refractivity contribution in [1.82, 2.24) is 4.31 Å². The minimum absolute atomic E-state index is 0.222. The molecule has 1 aliphatic rings. The first kappa shape index (κ1) is 15.3. The summed E-state index contributed by atoms with van der Waals surface area (Å²) < 4.78 is 32.2. The Labute approximate surface area is 120 Å². The monoisotopic (exact) mass is 298 g/mol. The Hall–Kier alpha value is -1.11. The quantitative estimate of drug-likeness (QED) is 0.829. The molecule has 0 bridgehead atoms. The van der Waals surface area contributed by atoms with Crippen LogP contribution in [0.3, 0.4) is 0 Å². The van der Waals surface area contributed by atoms with Gasteiger partial charge in [0.1, 0.15) is 10.6 Å². The molecular formula is C14H22N2O3S. The lowest BCUT2D eigenvalue weighted by Gasteiger charge is -2.21. The Balaban J connectivity index is 2.36. The molecule has 20 heavy (non-hydrogen) atoms. The van der Waals surface area contributed by atoms with Crippen LogP contribution in [0.2, 0.25) is 0 Å². The summed E-state index contributed by atoms with van der Waals surface area (Å²) in [6.45, 7) is 3.29.